The molecule has 0 aromatic rings. The number of allylic oxidation sites excluding steroid dienone is 6. The minimum absolute atomic E-state index is 0.0303. The minimum Gasteiger partial charge on any atom is -0.349 e. The molecule has 0 saturated carbocycles. The van der Waals surface area contributed by atoms with Gasteiger partial charge in [0.2, 0.25) is 0 Å². The van der Waals surface area contributed by atoms with Crippen LogP contribution >= 0.6 is 0 Å². The molecule has 1 saturated heterocycles. The molecule has 2 aliphatic rings. The lowest BCUT2D eigenvalue weighted by Crippen LogP contribution is -2.43. The summed E-state index contributed by atoms with van der Waals surface area (Å²) < 4.78 is 0. The van der Waals surface area contributed by atoms with Crippen LogP contribution in [0.25, 0.3) is 0 Å². The molecule has 0 radical (unpaired) electrons. The van der Waals surface area contributed by atoms with E-state index >= 15 is 0 Å². The Bertz CT molecular complexity index is 546. The first kappa shape index (κ1) is 16.5. The van der Waals surface area contributed by atoms with Crippen LogP contribution in [0, 0.1) is 0 Å². The predicted octanol–water partition coefficient (Wildman–Crippen LogP) is 3.19. The summed E-state index contributed by atoms with van der Waals surface area (Å²) >= 11 is 0. The zero-order valence-electron chi connectivity index (χ0n) is 13.5. The van der Waals surface area contributed by atoms with Crippen molar-refractivity contribution in [2.24, 2.45) is 0 Å². The maximum atomic E-state index is 12.6. The number of amides is 1. The monoisotopic (exact) mass is 298 g/mol. The van der Waals surface area contributed by atoms with Crippen molar-refractivity contribution in [2.45, 2.75) is 38.6 Å². The Labute approximate surface area is 133 Å². The van der Waals surface area contributed by atoms with Crippen molar-refractivity contribution in [3.8, 4) is 0 Å². The first-order chi connectivity index (χ1) is 10.6. The highest BCUT2D eigenvalue weighted by molar-refractivity contribution is 5.98. The Morgan fingerprint density at radius 2 is 2.05 bits per heavy atom. The van der Waals surface area contributed by atoms with Crippen molar-refractivity contribution in [3.05, 3.63) is 59.8 Å². The molecule has 118 valence electrons. The molecule has 3 nitrogen and oxygen atoms in total. The molecule has 1 fully saturated rings. The summed E-state index contributed by atoms with van der Waals surface area (Å²) in [7, 11) is 0. The van der Waals surface area contributed by atoms with Crippen LogP contribution in [0.1, 0.15) is 32.6 Å². The van der Waals surface area contributed by atoms with Crippen LogP contribution < -0.4 is 10.6 Å². The van der Waals surface area contributed by atoms with Crippen LogP contribution in [0.2, 0.25) is 0 Å². The van der Waals surface area contributed by atoms with Gasteiger partial charge in [-0.1, -0.05) is 43.0 Å². The zero-order chi connectivity index (χ0) is 15.9. The highest BCUT2D eigenvalue weighted by atomic mass is 16.1. The fourth-order valence-corrected chi connectivity index (χ4v) is 2.78. The third kappa shape index (κ3) is 4.57. The van der Waals surface area contributed by atoms with E-state index in [2.05, 4.69) is 29.9 Å². The van der Waals surface area contributed by atoms with E-state index in [0.29, 0.717) is 0 Å². The maximum Gasteiger partial charge on any atom is 0.251 e. The summed E-state index contributed by atoms with van der Waals surface area (Å²) in [5, 5.41) is 6.48. The second-order valence-electron chi connectivity index (χ2n) is 6.04. The lowest BCUT2D eigenvalue weighted by molar-refractivity contribution is -0.118. The van der Waals surface area contributed by atoms with Crippen LogP contribution in [0.4, 0.5) is 0 Å². The van der Waals surface area contributed by atoms with E-state index in [1.165, 1.54) is 0 Å². The predicted molar refractivity (Wildman–Crippen MR) is 92.5 cm³/mol. The molecule has 1 heterocycles. The van der Waals surface area contributed by atoms with Crippen LogP contribution in [-0.4, -0.2) is 25.0 Å². The number of piperidine rings is 1. The van der Waals surface area contributed by atoms with E-state index in [4.69, 9.17) is 0 Å². The average Bonchev–Trinajstić information content (AvgIpc) is 2.53. The molecule has 22 heavy (non-hydrogen) atoms. The van der Waals surface area contributed by atoms with Crippen molar-refractivity contribution >= 4 is 5.91 Å². The molecular weight excluding hydrogens is 272 g/mol. The SMILES string of the molecule is C=C(C)/C=C\C(=C)C1=C(C(=O)NC2CCNCC2)C=CCC1. The Balaban J connectivity index is 2.12. The fourth-order valence-electron chi connectivity index (χ4n) is 2.78. The van der Waals surface area contributed by atoms with Gasteiger partial charge in [-0.3, -0.25) is 4.79 Å². The Kier molecular flexibility index (Phi) is 5.96. The zero-order valence-corrected chi connectivity index (χ0v) is 13.5. The van der Waals surface area contributed by atoms with E-state index < -0.39 is 0 Å². The van der Waals surface area contributed by atoms with Gasteiger partial charge in [0.05, 0.1) is 0 Å². The topological polar surface area (TPSA) is 41.1 Å². The summed E-state index contributed by atoms with van der Waals surface area (Å²) in [5.74, 6) is 0.0303. The van der Waals surface area contributed by atoms with Crippen LogP contribution in [0.3, 0.4) is 0 Å². The highest BCUT2D eigenvalue weighted by Gasteiger charge is 2.20. The normalized spacial score (nSPS) is 19.5. The summed E-state index contributed by atoms with van der Waals surface area (Å²) in [6.45, 7) is 11.9. The molecule has 0 atom stereocenters. The Hall–Kier alpha value is -1.87. The molecule has 0 spiro atoms. The lowest BCUT2D eigenvalue weighted by atomic mass is 9.91. The van der Waals surface area contributed by atoms with Gasteiger partial charge in [-0.05, 0) is 56.8 Å². The second-order valence-corrected chi connectivity index (χ2v) is 6.04. The van der Waals surface area contributed by atoms with E-state index in [1.54, 1.807) is 0 Å². The minimum atomic E-state index is 0.0303. The molecule has 0 bridgehead atoms. The Morgan fingerprint density at radius 3 is 2.73 bits per heavy atom. The third-order valence-corrected chi connectivity index (χ3v) is 4.05. The van der Waals surface area contributed by atoms with Crippen molar-refractivity contribution in [1.29, 1.82) is 0 Å². The van der Waals surface area contributed by atoms with Crippen LogP contribution in [0.15, 0.2) is 59.8 Å². The van der Waals surface area contributed by atoms with E-state index in [-0.39, 0.29) is 11.9 Å². The molecule has 1 aliphatic carbocycles. The van der Waals surface area contributed by atoms with Crippen molar-refractivity contribution in [3.63, 3.8) is 0 Å². The van der Waals surface area contributed by atoms with Gasteiger partial charge < -0.3 is 10.6 Å². The standard InChI is InChI=1S/C19H26N2O/c1-14(2)8-9-15(3)17-6-4-5-7-18(17)19(22)21-16-10-12-20-13-11-16/h5,7-9,16,20H,1,3-4,6,10-13H2,2H3,(H,21,22)/b9-8-. The van der Waals surface area contributed by atoms with Gasteiger partial charge in [0.15, 0.2) is 0 Å². The van der Waals surface area contributed by atoms with Gasteiger partial charge >= 0.3 is 0 Å². The number of hydrogen-bond donors (Lipinski definition) is 2. The first-order valence-electron chi connectivity index (χ1n) is 8.02. The molecule has 0 aromatic carbocycles. The van der Waals surface area contributed by atoms with Crippen molar-refractivity contribution in [2.75, 3.05) is 13.1 Å². The number of hydrogen-bond acceptors (Lipinski definition) is 2. The number of carbonyl (C=O) groups excluding carboxylic acids is 1. The quantitative estimate of drug-likeness (QED) is 0.765. The largest absolute Gasteiger partial charge is 0.349 e. The number of rotatable bonds is 5. The smallest absolute Gasteiger partial charge is 0.251 e. The molecule has 1 amide bonds. The summed E-state index contributed by atoms with van der Waals surface area (Å²) in [4.78, 5) is 12.6. The van der Waals surface area contributed by atoms with Crippen LogP contribution in [-0.2, 0) is 4.79 Å². The van der Waals surface area contributed by atoms with Gasteiger partial charge in [-0.15, -0.1) is 0 Å². The van der Waals surface area contributed by atoms with Gasteiger partial charge in [-0.2, -0.15) is 0 Å². The summed E-state index contributed by atoms with van der Waals surface area (Å²) in [5.41, 5.74) is 3.70. The number of nitrogens with one attached hydrogen (secondary N) is 2. The molecule has 2 rings (SSSR count). The Morgan fingerprint density at radius 1 is 1.32 bits per heavy atom. The maximum absolute atomic E-state index is 12.6. The highest BCUT2D eigenvalue weighted by Crippen LogP contribution is 2.26. The molecule has 0 aromatic heterocycles. The van der Waals surface area contributed by atoms with Crippen molar-refractivity contribution < 1.29 is 4.79 Å². The molecule has 1 aliphatic heterocycles. The number of carbonyl (C=O) groups is 1. The van der Waals surface area contributed by atoms with E-state index in [0.717, 1.165) is 61.1 Å². The van der Waals surface area contributed by atoms with Gasteiger partial charge in [0.25, 0.3) is 5.91 Å². The average molecular weight is 298 g/mol. The second kappa shape index (κ2) is 7.95. The third-order valence-electron chi connectivity index (χ3n) is 4.05. The van der Waals surface area contributed by atoms with E-state index in [9.17, 15) is 4.79 Å². The van der Waals surface area contributed by atoms with Gasteiger partial charge in [0, 0.05) is 11.6 Å². The van der Waals surface area contributed by atoms with Gasteiger partial charge in [0.1, 0.15) is 0 Å². The first-order valence-corrected chi connectivity index (χ1v) is 8.02. The molecule has 2 N–H and O–H groups in total. The molecular formula is C19H26N2O. The van der Waals surface area contributed by atoms with E-state index in [1.807, 2.05) is 25.2 Å². The van der Waals surface area contributed by atoms with Crippen molar-refractivity contribution in [1.82, 2.24) is 10.6 Å². The molecule has 3 heteroatoms. The molecule has 0 unspecified atom stereocenters. The summed E-state index contributed by atoms with van der Waals surface area (Å²) in [6.07, 6.45) is 11.7. The summed E-state index contributed by atoms with van der Waals surface area (Å²) in [6, 6.07) is 0.275. The lowest BCUT2D eigenvalue weighted by Gasteiger charge is -2.25. The van der Waals surface area contributed by atoms with Crippen LogP contribution in [0.5, 0.6) is 0 Å². The van der Waals surface area contributed by atoms with Gasteiger partial charge in [-0.25, -0.2) is 0 Å². The fraction of sp³-hybridized carbons (Fsp3) is 0.421.